The number of hydrogen-bond acceptors (Lipinski definition) is 4. The van der Waals surface area contributed by atoms with Gasteiger partial charge in [-0.3, -0.25) is 4.79 Å². The van der Waals surface area contributed by atoms with Gasteiger partial charge in [-0.1, -0.05) is 30.3 Å². The Kier molecular flexibility index (Phi) is 5.15. The zero-order valence-electron chi connectivity index (χ0n) is 16.6. The first kappa shape index (κ1) is 18.5. The van der Waals surface area contributed by atoms with Crippen molar-refractivity contribution in [3.63, 3.8) is 0 Å². The van der Waals surface area contributed by atoms with Gasteiger partial charge < -0.3 is 19.1 Å². The third-order valence-electron chi connectivity index (χ3n) is 6.16. The van der Waals surface area contributed by atoms with Gasteiger partial charge in [0.2, 0.25) is 0 Å². The maximum atomic E-state index is 13.5. The van der Waals surface area contributed by atoms with Gasteiger partial charge >= 0.3 is 0 Å². The van der Waals surface area contributed by atoms with Gasteiger partial charge in [0, 0.05) is 13.2 Å². The van der Waals surface area contributed by atoms with Crippen LogP contribution in [0.25, 0.3) is 0 Å². The molecule has 1 fully saturated rings. The van der Waals surface area contributed by atoms with Crippen molar-refractivity contribution in [1.82, 2.24) is 4.90 Å². The number of nitrogens with zero attached hydrogens (tertiary/aromatic N) is 1. The van der Waals surface area contributed by atoms with E-state index in [1.807, 2.05) is 23.1 Å². The highest BCUT2D eigenvalue weighted by atomic mass is 16.6. The molecule has 5 nitrogen and oxygen atoms in total. The molecule has 2 aliphatic heterocycles. The average molecular weight is 393 g/mol. The molecule has 0 saturated carbocycles. The molecule has 152 valence electrons. The summed E-state index contributed by atoms with van der Waals surface area (Å²) in [4.78, 5) is 15.5. The topological polar surface area (TPSA) is 48.0 Å². The Balaban J connectivity index is 1.47. The molecule has 2 aromatic carbocycles. The van der Waals surface area contributed by atoms with Gasteiger partial charge in [-0.25, -0.2) is 0 Å². The first-order chi connectivity index (χ1) is 14.3. The Labute approximate surface area is 171 Å². The lowest BCUT2D eigenvalue weighted by Gasteiger charge is -2.37. The summed E-state index contributed by atoms with van der Waals surface area (Å²) < 4.78 is 17.2. The van der Waals surface area contributed by atoms with E-state index in [-0.39, 0.29) is 18.1 Å². The first-order valence-electron chi connectivity index (χ1n) is 10.7. The van der Waals surface area contributed by atoms with E-state index >= 15 is 0 Å². The predicted molar refractivity (Wildman–Crippen MR) is 109 cm³/mol. The van der Waals surface area contributed by atoms with Crippen molar-refractivity contribution in [2.45, 2.75) is 50.8 Å². The van der Waals surface area contributed by atoms with E-state index in [1.54, 1.807) is 0 Å². The van der Waals surface area contributed by atoms with Crippen LogP contribution in [0.5, 0.6) is 11.5 Å². The van der Waals surface area contributed by atoms with Crippen molar-refractivity contribution in [1.29, 1.82) is 0 Å². The van der Waals surface area contributed by atoms with Gasteiger partial charge in [-0.05, 0) is 60.9 Å². The van der Waals surface area contributed by atoms with Gasteiger partial charge in [-0.15, -0.1) is 0 Å². The predicted octanol–water partition coefficient (Wildman–Crippen LogP) is 4.04. The lowest BCUT2D eigenvalue weighted by atomic mass is 9.86. The summed E-state index contributed by atoms with van der Waals surface area (Å²) in [5, 5.41) is 0. The molecule has 2 aromatic rings. The summed E-state index contributed by atoms with van der Waals surface area (Å²) in [5.41, 5.74) is 3.70. The Morgan fingerprint density at radius 1 is 0.966 bits per heavy atom. The SMILES string of the molecule is O=C([C@H]1CCCO1)N(Cc1ccc2c(c1)OCCO2)[C@@H]1CCCc2ccccc21. The van der Waals surface area contributed by atoms with Gasteiger partial charge in [0.25, 0.3) is 5.91 Å². The van der Waals surface area contributed by atoms with Gasteiger partial charge in [0.05, 0.1) is 6.04 Å². The van der Waals surface area contributed by atoms with Gasteiger partial charge in [-0.2, -0.15) is 0 Å². The van der Waals surface area contributed by atoms with Crippen LogP contribution in [0.1, 0.15) is 48.4 Å². The molecular formula is C24H27NO4. The number of amides is 1. The highest BCUT2D eigenvalue weighted by Gasteiger charge is 2.35. The zero-order valence-corrected chi connectivity index (χ0v) is 16.6. The van der Waals surface area contributed by atoms with Crippen LogP contribution in [-0.4, -0.2) is 36.7 Å². The van der Waals surface area contributed by atoms with Crippen molar-refractivity contribution < 1.29 is 19.0 Å². The fourth-order valence-electron chi connectivity index (χ4n) is 4.73. The van der Waals surface area contributed by atoms with Crippen LogP contribution in [0.3, 0.4) is 0 Å². The molecule has 0 bridgehead atoms. The maximum Gasteiger partial charge on any atom is 0.252 e. The fourth-order valence-corrected chi connectivity index (χ4v) is 4.73. The van der Waals surface area contributed by atoms with E-state index in [0.29, 0.717) is 26.4 Å². The smallest absolute Gasteiger partial charge is 0.252 e. The summed E-state index contributed by atoms with van der Waals surface area (Å²) in [6, 6.07) is 14.6. The summed E-state index contributed by atoms with van der Waals surface area (Å²) in [6.45, 7) is 2.36. The minimum atomic E-state index is -0.318. The normalized spacial score (nSPS) is 22.8. The molecule has 0 unspecified atom stereocenters. The summed E-state index contributed by atoms with van der Waals surface area (Å²) in [7, 11) is 0. The molecule has 5 rings (SSSR count). The highest BCUT2D eigenvalue weighted by molar-refractivity contribution is 5.81. The molecule has 2 heterocycles. The third-order valence-corrected chi connectivity index (χ3v) is 6.16. The molecule has 5 heteroatoms. The number of carbonyl (C=O) groups is 1. The van der Waals surface area contributed by atoms with Crippen molar-refractivity contribution >= 4 is 5.91 Å². The van der Waals surface area contributed by atoms with Crippen molar-refractivity contribution in [3.8, 4) is 11.5 Å². The van der Waals surface area contributed by atoms with Crippen molar-refractivity contribution in [2.24, 2.45) is 0 Å². The maximum absolute atomic E-state index is 13.5. The first-order valence-corrected chi connectivity index (χ1v) is 10.7. The molecule has 2 atom stereocenters. The Hall–Kier alpha value is -2.53. The Bertz CT molecular complexity index is 890. The second kappa shape index (κ2) is 8.07. The van der Waals surface area contributed by atoms with Crippen LogP contribution in [0.4, 0.5) is 0 Å². The summed E-state index contributed by atoms with van der Waals surface area (Å²) in [6.07, 6.45) is 4.61. The van der Waals surface area contributed by atoms with Crippen LogP contribution >= 0.6 is 0 Å². The monoisotopic (exact) mass is 393 g/mol. The van der Waals surface area contributed by atoms with Crippen LogP contribution in [0.2, 0.25) is 0 Å². The molecule has 0 N–H and O–H groups in total. The number of carbonyl (C=O) groups excluding carboxylic acids is 1. The quantitative estimate of drug-likeness (QED) is 0.787. The second-order valence-electron chi connectivity index (χ2n) is 8.05. The molecule has 0 radical (unpaired) electrons. The zero-order chi connectivity index (χ0) is 19.6. The molecular weight excluding hydrogens is 366 g/mol. The lowest BCUT2D eigenvalue weighted by Crippen LogP contribution is -2.42. The minimum absolute atomic E-state index is 0.0878. The average Bonchev–Trinajstić information content (AvgIpc) is 3.32. The molecule has 1 aliphatic carbocycles. The van der Waals surface area contributed by atoms with E-state index < -0.39 is 0 Å². The number of hydrogen-bond donors (Lipinski definition) is 0. The number of aryl methyl sites for hydroxylation is 1. The number of fused-ring (bicyclic) bond motifs is 2. The molecule has 3 aliphatic rings. The van der Waals surface area contributed by atoms with Crippen LogP contribution < -0.4 is 9.47 Å². The minimum Gasteiger partial charge on any atom is -0.486 e. The Morgan fingerprint density at radius 3 is 2.69 bits per heavy atom. The van der Waals surface area contributed by atoms with Gasteiger partial charge in [0.1, 0.15) is 19.3 Å². The molecule has 29 heavy (non-hydrogen) atoms. The standard InChI is InChI=1S/C24H27NO4/c26-24(22-9-4-12-27-22)25(20-8-3-6-18-5-1-2-7-19(18)20)16-17-10-11-21-23(15-17)29-14-13-28-21/h1-2,5,7,10-11,15,20,22H,3-4,6,8-9,12-14,16H2/t20-,22-/m1/s1. The van der Waals surface area contributed by atoms with E-state index in [0.717, 1.165) is 49.2 Å². The molecule has 0 spiro atoms. The van der Waals surface area contributed by atoms with Crippen molar-refractivity contribution in [2.75, 3.05) is 19.8 Å². The fraction of sp³-hybridized carbons (Fsp3) is 0.458. The number of rotatable bonds is 4. The van der Waals surface area contributed by atoms with E-state index in [1.165, 1.54) is 11.1 Å². The number of benzene rings is 2. The molecule has 0 aromatic heterocycles. The summed E-state index contributed by atoms with van der Waals surface area (Å²) in [5.74, 6) is 1.65. The molecule has 1 amide bonds. The van der Waals surface area contributed by atoms with E-state index in [9.17, 15) is 4.79 Å². The number of ether oxygens (including phenoxy) is 3. The van der Waals surface area contributed by atoms with Crippen LogP contribution in [0, 0.1) is 0 Å². The lowest BCUT2D eigenvalue weighted by molar-refractivity contribution is -0.144. The van der Waals surface area contributed by atoms with E-state index in [2.05, 4.69) is 24.3 Å². The van der Waals surface area contributed by atoms with Crippen molar-refractivity contribution in [3.05, 3.63) is 59.2 Å². The highest BCUT2D eigenvalue weighted by Crippen LogP contribution is 2.37. The Morgan fingerprint density at radius 2 is 1.83 bits per heavy atom. The largest absolute Gasteiger partial charge is 0.486 e. The third kappa shape index (κ3) is 3.71. The second-order valence-corrected chi connectivity index (χ2v) is 8.05. The molecule has 1 saturated heterocycles. The van der Waals surface area contributed by atoms with Gasteiger partial charge in [0.15, 0.2) is 11.5 Å². The van der Waals surface area contributed by atoms with E-state index in [4.69, 9.17) is 14.2 Å². The summed E-state index contributed by atoms with van der Waals surface area (Å²) >= 11 is 0. The van der Waals surface area contributed by atoms with Crippen LogP contribution in [0.15, 0.2) is 42.5 Å². The van der Waals surface area contributed by atoms with Crippen LogP contribution in [-0.2, 0) is 22.5 Å².